The molecule has 0 bridgehead atoms. The van der Waals surface area contributed by atoms with Crippen molar-refractivity contribution < 1.29 is 4.74 Å². The third-order valence-corrected chi connectivity index (χ3v) is 2.57. The summed E-state index contributed by atoms with van der Waals surface area (Å²) in [7, 11) is 2.09. The van der Waals surface area contributed by atoms with E-state index in [0.29, 0.717) is 11.9 Å². The van der Waals surface area contributed by atoms with Gasteiger partial charge in [-0.15, -0.1) is 11.6 Å². The number of halogens is 1. The van der Waals surface area contributed by atoms with Gasteiger partial charge in [0.2, 0.25) is 0 Å². The van der Waals surface area contributed by atoms with Crippen LogP contribution < -0.4 is 0 Å². The largest absolute Gasteiger partial charge is 0.380 e. The Morgan fingerprint density at radius 2 is 2.50 bits per heavy atom. The van der Waals surface area contributed by atoms with Crippen LogP contribution in [0.5, 0.6) is 0 Å². The average Bonchev–Trinajstić information content (AvgIpc) is 2.56. The van der Waals surface area contributed by atoms with E-state index in [9.17, 15) is 0 Å². The predicted octanol–water partition coefficient (Wildman–Crippen LogP) is 1.50. The van der Waals surface area contributed by atoms with E-state index < -0.39 is 0 Å². The van der Waals surface area contributed by atoms with Crippen molar-refractivity contribution in [3.63, 3.8) is 0 Å². The van der Waals surface area contributed by atoms with E-state index in [2.05, 4.69) is 18.5 Å². The van der Waals surface area contributed by atoms with Crippen LogP contribution in [-0.4, -0.2) is 43.6 Å². The van der Waals surface area contributed by atoms with E-state index in [1.165, 1.54) is 0 Å². The molecule has 1 aliphatic heterocycles. The molecule has 2 nitrogen and oxygen atoms in total. The fraction of sp³-hybridized carbons (Fsp3) is 0.778. The summed E-state index contributed by atoms with van der Waals surface area (Å²) in [4.78, 5) is 2.26. The Bertz CT molecular complexity index is 155. The van der Waals surface area contributed by atoms with Crippen LogP contribution in [0.4, 0.5) is 0 Å². The minimum Gasteiger partial charge on any atom is -0.380 e. The third kappa shape index (κ3) is 2.77. The topological polar surface area (TPSA) is 12.5 Å². The number of hydrogen-bond acceptors (Lipinski definition) is 2. The first kappa shape index (κ1) is 10.0. The zero-order valence-corrected chi connectivity index (χ0v) is 8.31. The smallest absolute Gasteiger partial charge is 0.0622 e. The minimum absolute atomic E-state index is 0.553. The Kier molecular flexibility index (Phi) is 4.06. The van der Waals surface area contributed by atoms with Crippen molar-refractivity contribution in [2.75, 3.05) is 32.7 Å². The number of likely N-dealkylation sites (N-methyl/N-ethyl adjacent to an activating group) is 1. The molecule has 0 amide bonds. The number of hydrogen-bond donors (Lipinski definition) is 0. The van der Waals surface area contributed by atoms with Gasteiger partial charge >= 0.3 is 0 Å². The SMILES string of the molecule is C=C(CCl)CN(C)C1CCOC1. The third-order valence-electron chi connectivity index (χ3n) is 2.19. The number of nitrogens with zero attached hydrogens (tertiary/aromatic N) is 1. The molecule has 70 valence electrons. The van der Waals surface area contributed by atoms with E-state index >= 15 is 0 Å². The van der Waals surface area contributed by atoms with Gasteiger partial charge in [-0.25, -0.2) is 0 Å². The van der Waals surface area contributed by atoms with Gasteiger partial charge < -0.3 is 4.74 Å². The molecule has 0 aromatic rings. The maximum absolute atomic E-state index is 5.65. The van der Waals surface area contributed by atoms with Gasteiger partial charge in [-0.2, -0.15) is 0 Å². The van der Waals surface area contributed by atoms with Crippen molar-refractivity contribution >= 4 is 11.6 Å². The zero-order valence-electron chi connectivity index (χ0n) is 7.55. The van der Waals surface area contributed by atoms with Crippen LogP contribution in [0, 0.1) is 0 Å². The van der Waals surface area contributed by atoms with Gasteiger partial charge in [-0.3, -0.25) is 4.90 Å². The zero-order chi connectivity index (χ0) is 8.97. The lowest BCUT2D eigenvalue weighted by molar-refractivity contribution is 0.164. The van der Waals surface area contributed by atoms with Crippen LogP contribution in [0.25, 0.3) is 0 Å². The fourth-order valence-corrected chi connectivity index (χ4v) is 1.48. The van der Waals surface area contributed by atoms with Gasteiger partial charge in [0, 0.05) is 25.1 Å². The molecule has 1 rings (SSSR count). The van der Waals surface area contributed by atoms with Gasteiger partial charge in [-0.1, -0.05) is 6.58 Å². The van der Waals surface area contributed by atoms with Crippen LogP contribution >= 0.6 is 11.6 Å². The fourth-order valence-electron chi connectivity index (χ4n) is 1.39. The highest BCUT2D eigenvalue weighted by molar-refractivity contribution is 6.19. The molecule has 12 heavy (non-hydrogen) atoms. The molecule has 0 aliphatic carbocycles. The second kappa shape index (κ2) is 4.85. The molecule has 0 N–H and O–H groups in total. The molecule has 1 unspecified atom stereocenters. The van der Waals surface area contributed by atoms with Crippen molar-refractivity contribution in [1.82, 2.24) is 4.90 Å². The van der Waals surface area contributed by atoms with Crippen molar-refractivity contribution in [2.45, 2.75) is 12.5 Å². The molecule has 0 radical (unpaired) electrons. The summed E-state index contributed by atoms with van der Waals surface area (Å²) in [5.74, 6) is 0.553. The molecule has 0 spiro atoms. The summed E-state index contributed by atoms with van der Waals surface area (Å²) in [6.45, 7) is 6.50. The summed E-state index contributed by atoms with van der Waals surface area (Å²) in [5.41, 5.74) is 1.08. The van der Waals surface area contributed by atoms with Crippen LogP contribution in [0.3, 0.4) is 0 Å². The molecular weight excluding hydrogens is 174 g/mol. The Hall–Kier alpha value is -0.0500. The monoisotopic (exact) mass is 189 g/mol. The summed E-state index contributed by atoms with van der Waals surface area (Å²) >= 11 is 5.65. The van der Waals surface area contributed by atoms with E-state index in [1.807, 2.05) is 0 Å². The summed E-state index contributed by atoms with van der Waals surface area (Å²) < 4.78 is 5.29. The summed E-state index contributed by atoms with van der Waals surface area (Å²) in [6.07, 6.45) is 1.13. The second-order valence-corrected chi connectivity index (χ2v) is 3.58. The van der Waals surface area contributed by atoms with Gasteiger partial charge in [0.25, 0.3) is 0 Å². The van der Waals surface area contributed by atoms with Gasteiger partial charge in [0.1, 0.15) is 0 Å². The molecule has 3 heteroatoms. The lowest BCUT2D eigenvalue weighted by Gasteiger charge is -2.22. The lowest BCUT2D eigenvalue weighted by atomic mass is 10.2. The Labute approximate surface area is 79.1 Å². The van der Waals surface area contributed by atoms with Crippen molar-refractivity contribution in [1.29, 1.82) is 0 Å². The maximum Gasteiger partial charge on any atom is 0.0622 e. The highest BCUT2D eigenvalue weighted by atomic mass is 35.5. The normalized spacial score (nSPS) is 23.4. The first-order chi connectivity index (χ1) is 5.74. The molecule has 1 saturated heterocycles. The van der Waals surface area contributed by atoms with E-state index in [1.54, 1.807) is 0 Å². The first-order valence-corrected chi connectivity index (χ1v) is 4.78. The highest BCUT2D eigenvalue weighted by Gasteiger charge is 2.19. The van der Waals surface area contributed by atoms with E-state index in [0.717, 1.165) is 31.8 Å². The van der Waals surface area contributed by atoms with Crippen molar-refractivity contribution in [3.8, 4) is 0 Å². The van der Waals surface area contributed by atoms with E-state index in [4.69, 9.17) is 16.3 Å². The van der Waals surface area contributed by atoms with Crippen LogP contribution in [-0.2, 0) is 4.74 Å². The van der Waals surface area contributed by atoms with Gasteiger partial charge in [0.05, 0.1) is 6.61 Å². The Morgan fingerprint density at radius 1 is 1.75 bits per heavy atom. The number of alkyl halides is 1. The van der Waals surface area contributed by atoms with Crippen molar-refractivity contribution in [2.24, 2.45) is 0 Å². The minimum atomic E-state index is 0.553. The molecule has 1 heterocycles. The summed E-state index contributed by atoms with van der Waals surface area (Å²) in [6, 6.07) is 0.560. The average molecular weight is 190 g/mol. The molecule has 0 saturated carbocycles. The highest BCUT2D eigenvalue weighted by Crippen LogP contribution is 2.11. The number of rotatable bonds is 4. The first-order valence-electron chi connectivity index (χ1n) is 4.24. The summed E-state index contributed by atoms with van der Waals surface area (Å²) in [5, 5.41) is 0. The molecule has 1 fully saturated rings. The quantitative estimate of drug-likeness (QED) is 0.491. The number of ether oxygens (including phenoxy) is 1. The molecule has 0 aromatic carbocycles. The predicted molar refractivity (Wildman–Crippen MR) is 51.7 cm³/mol. The van der Waals surface area contributed by atoms with Gasteiger partial charge in [-0.05, 0) is 19.0 Å². The van der Waals surface area contributed by atoms with E-state index in [-0.39, 0.29) is 0 Å². The molecule has 1 aliphatic rings. The Morgan fingerprint density at radius 3 is 3.00 bits per heavy atom. The maximum atomic E-state index is 5.65. The second-order valence-electron chi connectivity index (χ2n) is 3.32. The van der Waals surface area contributed by atoms with Crippen LogP contribution in [0.15, 0.2) is 12.2 Å². The lowest BCUT2D eigenvalue weighted by Crippen LogP contribution is -2.33. The molecule has 1 atom stereocenters. The standard InChI is InChI=1S/C9H16ClNO/c1-8(5-10)6-11(2)9-3-4-12-7-9/h9H,1,3-7H2,2H3. The van der Waals surface area contributed by atoms with Crippen LogP contribution in [0.1, 0.15) is 6.42 Å². The van der Waals surface area contributed by atoms with Crippen LogP contribution in [0.2, 0.25) is 0 Å². The molecular formula is C9H16ClNO. The van der Waals surface area contributed by atoms with Gasteiger partial charge in [0.15, 0.2) is 0 Å². The Balaban J connectivity index is 2.26. The molecule has 0 aromatic heterocycles. The van der Waals surface area contributed by atoms with Crippen molar-refractivity contribution in [3.05, 3.63) is 12.2 Å².